The van der Waals surface area contributed by atoms with E-state index in [9.17, 15) is 14.4 Å². The summed E-state index contributed by atoms with van der Waals surface area (Å²) in [6, 6.07) is 13.7. The van der Waals surface area contributed by atoms with Gasteiger partial charge in [0, 0.05) is 17.5 Å². The van der Waals surface area contributed by atoms with Crippen molar-refractivity contribution in [3.63, 3.8) is 0 Å². The third-order valence-electron chi connectivity index (χ3n) is 3.44. The molecule has 0 heterocycles. The summed E-state index contributed by atoms with van der Waals surface area (Å²) in [5.74, 6) is -1.30. The Labute approximate surface area is 156 Å². The maximum Gasteiger partial charge on any atom is 0.338 e. The maximum absolute atomic E-state index is 12.3. The van der Waals surface area contributed by atoms with Crippen molar-refractivity contribution in [2.45, 2.75) is 24.8 Å². The van der Waals surface area contributed by atoms with Crippen LogP contribution in [0.1, 0.15) is 24.2 Å². The minimum Gasteiger partial charge on any atom is -0.449 e. The van der Waals surface area contributed by atoms with Crippen molar-refractivity contribution in [1.29, 1.82) is 0 Å². The van der Waals surface area contributed by atoms with Crippen molar-refractivity contribution < 1.29 is 19.1 Å². The minimum absolute atomic E-state index is 0.240. The maximum atomic E-state index is 12.3. The van der Waals surface area contributed by atoms with Crippen molar-refractivity contribution in [3.05, 3.63) is 54.1 Å². The van der Waals surface area contributed by atoms with Gasteiger partial charge in [-0.15, -0.1) is 11.8 Å². The van der Waals surface area contributed by atoms with Crippen LogP contribution in [-0.2, 0) is 14.3 Å². The number of esters is 1. The van der Waals surface area contributed by atoms with Crippen LogP contribution >= 0.6 is 11.8 Å². The molecule has 0 aliphatic carbocycles. The van der Waals surface area contributed by atoms with Gasteiger partial charge in [0.1, 0.15) is 0 Å². The van der Waals surface area contributed by atoms with E-state index in [1.54, 1.807) is 24.3 Å². The molecule has 7 heteroatoms. The van der Waals surface area contributed by atoms with Gasteiger partial charge >= 0.3 is 5.97 Å². The Balaban J connectivity index is 2.02. The fourth-order valence-electron chi connectivity index (χ4n) is 2.19. The first-order valence-electron chi connectivity index (χ1n) is 7.93. The van der Waals surface area contributed by atoms with E-state index >= 15 is 0 Å². The molecule has 136 valence electrons. The first kappa shape index (κ1) is 19.5. The average molecular weight is 372 g/mol. The summed E-state index contributed by atoms with van der Waals surface area (Å²) in [5, 5.41) is 5.35. The second kappa shape index (κ2) is 9.05. The first-order valence-corrected chi connectivity index (χ1v) is 9.15. The van der Waals surface area contributed by atoms with Gasteiger partial charge in [0.05, 0.1) is 11.3 Å². The number of rotatable bonds is 6. The van der Waals surface area contributed by atoms with E-state index in [0.29, 0.717) is 11.4 Å². The Morgan fingerprint density at radius 3 is 2.46 bits per heavy atom. The Kier molecular flexibility index (Phi) is 6.80. The lowest BCUT2D eigenvalue weighted by molar-refractivity contribution is -0.123. The molecule has 0 saturated carbocycles. The van der Waals surface area contributed by atoms with Crippen LogP contribution in [0, 0.1) is 0 Å². The average Bonchev–Trinajstić information content (AvgIpc) is 2.61. The summed E-state index contributed by atoms with van der Waals surface area (Å²) in [4.78, 5) is 36.6. The Morgan fingerprint density at radius 2 is 1.77 bits per heavy atom. The van der Waals surface area contributed by atoms with Crippen LogP contribution in [0.3, 0.4) is 0 Å². The fraction of sp³-hybridized carbons (Fsp3) is 0.211. The molecule has 2 aromatic carbocycles. The van der Waals surface area contributed by atoms with Gasteiger partial charge in [-0.3, -0.25) is 9.59 Å². The van der Waals surface area contributed by atoms with Crippen LogP contribution in [0.4, 0.5) is 11.4 Å². The molecule has 0 radical (unpaired) electrons. The highest BCUT2D eigenvalue weighted by atomic mass is 32.2. The molecule has 2 aromatic rings. The van der Waals surface area contributed by atoms with Crippen LogP contribution in [0.25, 0.3) is 0 Å². The molecule has 0 aliphatic rings. The van der Waals surface area contributed by atoms with Gasteiger partial charge in [0.25, 0.3) is 5.91 Å². The molecule has 0 saturated heterocycles. The lowest BCUT2D eigenvalue weighted by atomic mass is 10.2. The zero-order valence-electron chi connectivity index (χ0n) is 14.7. The first-order chi connectivity index (χ1) is 12.4. The van der Waals surface area contributed by atoms with Gasteiger partial charge in [-0.25, -0.2) is 4.79 Å². The van der Waals surface area contributed by atoms with Gasteiger partial charge in [-0.05, 0) is 43.5 Å². The Hall–Kier alpha value is -2.80. The predicted octanol–water partition coefficient (Wildman–Crippen LogP) is 3.55. The van der Waals surface area contributed by atoms with E-state index < -0.39 is 18.0 Å². The van der Waals surface area contributed by atoms with Crippen molar-refractivity contribution in [3.8, 4) is 0 Å². The molecule has 6 nitrogen and oxygen atoms in total. The summed E-state index contributed by atoms with van der Waals surface area (Å²) < 4.78 is 5.23. The number of para-hydroxylation sites is 1. The largest absolute Gasteiger partial charge is 0.449 e. The number of hydrogen-bond acceptors (Lipinski definition) is 5. The van der Waals surface area contributed by atoms with Crippen molar-refractivity contribution in [2.75, 3.05) is 16.9 Å². The van der Waals surface area contributed by atoms with Gasteiger partial charge in [-0.2, -0.15) is 0 Å². The smallest absolute Gasteiger partial charge is 0.338 e. The van der Waals surface area contributed by atoms with E-state index in [-0.39, 0.29) is 11.5 Å². The molecule has 0 bridgehead atoms. The summed E-state index contributed by atoms with van der Waals surface area (Å²) in [5.41, 5.74) is 1.40. The fourth-order valence-corrected chi connectivity index (χ4v) is 2.75. The third-order valence-corrected chi connectivity index (χ3v) is 4.23. The van der Waals surface area contributed by atoms with Crippen molar-refractivity contribution >= 4 is 40.9 Å². The molecule has 2 N–H and O–H groups in total. The van der Waals surface area contributed by atoms with Gasteiger partial charge in [0.15, 0.2) is 6.10 Å². The molecule has 0 aliphatic heterocycles. The molecule has 26 heavy (non-hydrogen) atoms. The monoisotopic (exact) mass is 372 g/mol. The number of amides is 2. The SMILES string of the molecule is CSc1ccccc1NC(=O)C(C)OC(=O)c1cccc(NC(C)=O)c1. The Bertz CT molecular complexity index is 823. The van der Waals surface area contributed by atoms with Crippen molar-refractivity contribution in [2.24, 2.45) is 0 Å². The molecule has 2 rings (SSSR count). The quantitative estimate of drug-likeness (QED) is 0.598. The number of benzene rings is 2. The van der Waals surface area contributed by atoms with E-state index in [1.165, 1.54) is 31.7 Å². The number of hydrogen-bond donors (Lipinski definition) is 2. The zero-order valence-corrected chi connectivity index (χ0v) is 15.6. The number of carbonyl (C=O) groups excluding carboxylic acids is 3. The molecule has 0 aromatic heterocycles. The predicted molar refractivity (Wildman–Crippen MR) is 102 cm³/mol. The number of carbonyl (C=O) groups is 3. The molecule has 0 fully saturated rings. The van der Waals surface area contributed by atoms with Crippen LogP contribution in [0.5, 0.6) is 0 Å². The lowest BCUT2D eigenvalue weighted by Crippen LogP contribution is -2.30. The Morgan fingerprint density at radius 1 is 1.04 bits per heavy atom. The van der Waals surface area contributed by atoms with Crippen LogP contribution in [0.15, 0.2) is 53.4 Å². The highest BCUT2D eigenvalue weighted by Crippen LogP contribution is 2.24. The van der Waals surface area contributed by atoms with E-state index in [2.05, 4.69) is 10.6 Å². The standard InChI is InChI=1S/C19H20N2O4S/c1-12(18(23)21-16-9-4-5-10-17(16)26-3)25-19(24)14-7-6-8-15(11-14)20-13(2)22/h4-12H,1-3H3,(H,20,22)(H,21,23). The van der Waals surface area contributed by atoms with Gasteiger partial charge in [0.2, 0.25) is 5.91 Å². The topological polar surface area (TPSA) is 84.5 Å². The lowest BCUT2D eigenvalue weighted by Gasteiger charge is -2.15. The highest BCUT2D eigenvalue weighted by molar-refractivity contribution is 7.98. The molecule has 1 atom stereocenters. The van der Waals surface area contributed by atoms with Crippen LogP contribution in [0.2, 0.25) is 0 Å². The zero-order chi connectivity index (χ0) is 19.1. The number of anilines is 2. The second-order valence-corrected chi connectivity index (χ2v) is 6.35. The minimum atomic E-state index is -0.971. The van der Waals surface area contributed by atoms with Gasteiger partial charge in [-0.1, -0.05) is 18.2 Å². The molecule has 0 spiro atoms. The molecular formula is C19H20N2O4S. The number of ether oxygens (including phenoxy) is 1. The summed E-state index contributed by atoms with van der Waals surface area (Å²) in [7, 11) is 0. The molecular weight excluding hydrogens is 352 g/mol. The van der Waals surface area contributed by atoms with E-state index in [4.69, 9.17) is 4.74 Å². The summed E-state index contributed by atoms with van der Waals surface area (Å²) in [6.45, 7) is 2.89. The normalized spacial score (nSPS) is 11.3. The van der Waals surface area contributed by atoms with E-state index in [0.717, 1.165) is 4.90 Å². The van der Waals surface area contributed by atoms with E-state index in [1.807, 2.05) is 24.5 Å². The molecule has 1 unspecified atom stereocenters. The van der Waals surface area contributed by atoms with Crippen LogP contribution in [-0.4, -0.2) is 30.1 Å². The van der Waals surface area contributed by atoms with Crippen LogP contribution < -0.4 is 10.6 Å². The highest BCUT2D eigenvalue weighted by Gasteiger charge is 2.20. The second-order valence-electron chi connectivity index (χ2n) is 5.50. The third kappa shape index (κ3) is 5.35. The number of nitrogens with one attached hydrogen (secondary N) is 2. The van der Waals surface area contributed by atoms with Crippen molar-refractivity contribution in [1.82, 2.24) is 0 Å². The molecule has 2 amide bonds. The van der Waals surface area contributed by atoms with Gasteiger partial charge < -0.3 is 15.4 Å². The summed E-state index contributed by atoms with van der Waals surface area (Å²) >= 11 is 1.51. The summed E-state index contributed by atoms with van der Waals surface area (Å²) in [6.07, 6.45) is 0.943. The number of thioether (sulfide) groups is 1.